The fourth-order valence-electron chi connectivity index (χ4n) is 3.27. The second kappa shape index (κ2) is 9.98. The quantitative estimate of drug-likeness (QED) is 0.354. The zero-order chi connectivity index (χ0) is 24.1. The number of rotatable bonds is 6. The number of amides is 1. The molecule has 2 aromatic rings. The lowest BCUT2D eigenvalue weighted by Gasteiger charge is -2.28. The van der Waals surface area contributed by atoms with Crippen molar-refractivity contribution in [3.8, 4) is 5.75 Å². The molecule has 0 heterocycles. The lowest BCUT2D eigenvalue weighted by Crippen LogP contribution is -2.33. The van der Waals surface area contributed by atoms with Gasteiger partial charge in [-0.05, 0) is 47.1 Å². The van der Waals surface area contributed by atoms with Crippen molar-refractivity contribution in [2.24, 2.45) is 10.9 Å². The summed E-state index contributed by atoms with van der Waals surface area (Å²) in [6.45, 7) is 14.0. The summed E-state index contributed by atoms with van der Waals surface area (Å²) in [6.07, 6.45) is 1.29. The fraction of sp³-hybridized carbons (Fsp3) is 0.423. The number of anilines is 1. The molecule has 0 bridgehead atoms. The Morgan fingerprint density at radius 3 is 2.16 bits per heavy atom. The molecule has 0 aliphatic rings. The van der Waals surface area contributed by atoms with E-state index >= 15 is 0 Å². The van der Waals surface area contributed by atoms with Gasteiger partial charge in [0, 0.05) is 18.0 Å². The second-order valence-corrected chi connectivity index (χ2v) is 9.75. The molecule has 0 aliphatic heterocycles. The van der Waals surface area contributed by atoms with Crippen LogP contribution >= 0.6 is 0 Å². The number of hydrogen-bond acceptors (Lipinski definition) is 5. The highest BCUT2D eigenvalue weighted by atomic mass is 16.5. The van der Waals surface area contributed by atoms with Gasteiger partial charge >= 0.3 is 5.97 Å². The molecule has 0 aromatic heterocycles. The van der Waals surface area contributed by atoms with Gasteiger partial charge in [0.05, 0.1) is 12.3 Å². The summed E-state index contributed by atoms with van der Waals surface area (Å²) < 4.78 is 5.10. The van der Waals surface area contributed by atoms with E-state index in [9.17, 15) is 14.7 Å². The maximum Gasteiger partial charge on any atom is 0.324 e. The third-order valence-electron chi connectivity index (χ3n) is 4.96. The van der Waals surface area contributed by atoms with Gasteiger partial charge in [-0.3, -0.25) is 14.6 Å². The molecule has 172 valence electrons. The Kier molecular flexibility index (Phi) is 7.83. The van der Waals surface area contributed by atoms with E-state index < -0.39 is 17.8 Å². The van der Waals surface area contributed by atoms with Crippen LogP contribution in [-0.4, -0.2) is 29.8 Å². The van der Waals surface area contributed by atoms with Crippen molar-refractivity contribution >= 4 is 29.5 Å². The number of nitrogens with one attached hydrogen (secondary N) is 1. The first-order chi connectivity index (χ1) is 14.8. The Morgan fingerprint density at radius 2 is 1.62 bits per heavy atom. The van der Waals surface area contributed by atoms with Crippen LogP contribution in [0, 0.1) is 5.92 Å². The number of aliphatic imine (C=N–C) groups is 1. The van der Waals surface area contributed by atoms with E-state index in [1.807, 2.05) is 65.8 Å². The summed E-state index contributed by atoms with van der Waals surface area (Å²) in [5, 5.41) is 13.5. The van der Waals surface area contributed by atoms with Crippen LogP contribution in [0.1, 0.15) is 59.6 Å². The lowest BCUT2D eigenvalue weighted by atomic mass is 9.79. The lowest BCUT2D eigenvalue weighted by molar-refractivity contribution is -0.147. The molecule has 0 saturated heterocycles. The van der Waals surface area contributed by atoms with E-state index in [1.165, 1.54) is 6.21 Å². The number of hydrogen-bond donors (Lipinski definition) is 2. The normalized spacial score (nSPS) is 13.1. The van der Waals surface area contributed by atoms with Crippen molar-refractivity contribution < 1.29 is 19.4 Å². The van der Waals surface area contributed by atoms with Crippen LogP contribution in [0.15, 0.2) is 47.5 Å². The number of aromatic hydroxyl groups is 1. The van der Waals surface area contributed by atoms with Gasteiger partial charge in [-0.2, -0.15) is 0 Å². The summed E-state index contributed by atoms with van der Waals surface area (Å²) in [5.74, 6) is -2.40. The molecule has 0 fully saturated rings. The zero-order valence-corrected chi connectivity index (χ0v) is 20.0. The summed E-state index contributed by atoms with van der Waals surface area (Å²) in [5.41, 5.74) is 2.13. The van der Waals surface area contributed by atoms with Crippen molar-refractivity contribution in [3.63, 3.8) is 0 Å². The van der Waals surface area contributed by atoms with E-state index in [-0.39, 0.29) is 23.2 Å². The van der Waals surface area contributed by atoms with Crippen molar-refractivity contribution in [1.82, 2.24) is 0 Å². The first-order valence-electron chi connectivity index (χ1n) is 10.8. The molecule has 2 aromatic carbocycles. The average molecular weight is 439 g/mol. The van der Waals surface area contributed by atoms with Crippen molar-refractivity contribution in [2.45, 2.75) is 59.3 Å². The van der Waals surface area contributed by atoms with Crippen molar-refractivity contribution in [3.05, 3.63) is 53.6 Å². The number of carbonyl (C=O) groups excluding carboxylic acids is 2. The second-order valence-electron chi connectivity index (χ2n) is 9.75. The van der Waals surface area contributed by atoms with Crippen LogP contribution in [0.2, 0.25) is 0 Å². The highest BCUT2D eigenvalue weighted by Gasteiger charge is 2.30. The van der Waals surface area contributed by atoms with E-state index in [0.29, 0.717) is 11.4 Å². The Morgan fingerprint density at radius 1 is 1.03 bits per heavy atom. The number of phenols is 1. The van der Waals surface area contributed by atoms with Gasteiger partial charge in [0.25, 0.3) is 0 Å². The monoisotopic (exact) mass is 438 g/mol. The number of phenolic OH excluding ortho intramolecular Hbond substituents is 1. The summed E-state index contributed by atoms with van der Waals surface area (Å²) in [7, 11) is 0. The molecule has 0 radical (unpaired) electrons. The molecule has 2 N–H and O–H groups in total. The van der Waals surface area contributed by atoms with Gasteiger partial charge in [0.2, 0.25) is 5.91 Å². The van der Waals surface area contributed by atoms with Gasteiger partial charge in [-0.25, -0.2) is 0 Å². The summed E-state index contributed by atoms with van der Waals surface area (Å²) in [6, 6.07) is 12.5. The van der Waals surface area contributed by atoms with Crippen molar-refractivity contribution in [1.29, 1.82) is 0 Å². The van der Waals surface area contributed by atoms with Gasteiger partial charge in [-0.1, -0.05) is 59.7 Å². The molecule has 1 amide bonds. The number of benzene rings is 2. The largest absolute Gasteiger partial charge is 0.508 e. The van der Waals surface area contributed by atoms with Gasteiger partial charge < -0.3 is 15.2 Å². The number of carbonyl (C=O) groups is 2. The van der Waals surface area contributed by atoms with Gasteiger partial charge in [0.1, 0.15) is 5.75 Å². The minimum Gasteiger partial charge on any atom is -0.508 e. The first kappa shape index (κ1) is 25.1. The highest BCUT2D eigenvalue weighted by molar-refractivity contribution is 6.16. The third kappa shape index (κ3) is 6.42. The molecule has 32 heavy (non-hydrogen) atoms. The number of para-hydroxylation sites is 1. The molecule has 6 nitrogen and oxygen atoms in total. The minimum atomic E-state index is -1.23. The maximum atomic E-state index is 13.1. The van der Waals surface area contributed by atoms with E-state index in [4.69, 9.17) is 4.74 Å². The zero-order valence-electron chi connectivity index (χ0n) is 20.0. The highest BCUT2D eigenvalue weighted by Crippen LogP contribution is 2.39. The molecule has 2 rings (SSSR count). The standard InChI is InChI=1S/C26H34N2O4/c1-8-32-24(31)18(16-27-17-12-10-9-11-13-17)23(30)28-21-15-22(29)20(26(5,6)7)14-19(21)25(2,3)4/h9-16,18,29H,8H2,1-7H3,(H,28,30). The Hall–Kier alpha value is -3.15. The topological polar surface area (TPSA) is 88.0 Å². The average Bonchev–Trinajstić information content (AvgIpc) is 2.67. The van der Waals surface area contributed by atoms with Crippen LogP contribution in [0.5, 0.6) is 5.75 Å². The minimum absolute atomic E-state index is 0.0893. The number of esters is 1. The first-order valence-corrected chi connectivity index (χ1v) is 10.8. The Balaban J connectivity index is 2.44. The summed E-state index contributed by atoms with van der Waals surface area (Å²) in [4.78, 5) is 29.9. The third-order valence-corrected chi connectivity index (χ3v) is 4.96. The van der Waals surface area contributed by atoms with Crippen LogP contribution in [0.3, 0.4) is 0 Å². The van der Waals surface area contributed by atoms with Gasteiger partial charge in [-0.15, -0.1) is 0 Å². The van der Waals surface area contributed by atoms with Crippen LogP contribution in [-0.2, 0) is 25.2 Å². The molecule has 1 unspecified atom stereocenters. The van der Waals surface area contributed by atoms with Crippen LogP contribution < -0.4 is 5.32 Å². The van der Waals surface area contributed by atoms with Crippen LogP contribution in [0.25, 0.3) is 0 Å². The molecule has 0 saturated carbocycles. The molecule has 0 spiro atoms. The SMILES string of the molecule is CCOC(=O)C(C=Nc1ccccc1)C(=O)Nc1cc(O)c(C(C)(C)C)cc1C(C)(C)C. The molecular weight excluding hydrogens is 404 g/mol. The smallest absolute Gasteiger partial charge is 0.324 e. The van der Waals surface area contributed by atoms with Crippen molar-refractivity contribution in [2.75, 3.05) is 11.9 Å². The molecular formula is C26H34N2O4. The fourth-order valence-corrected chi connectivity index (χ4v) is 3.27. The van der Waals surface area contributed by atoms with E-state index in [0.717, 1.165) is 11.1 Å². The maximum absolute atomic E-state index is 13.1. The molecule has 6 heteroatoms. The Bertz CT molecular complexity index is 983. The van der Waals surface area contributed by atoms with E-state index in [2.05, 4.69) is 10.3 Å². The number of ether oxygens (including phenoxy) is 1. The van der Waals surface area contributed by atoms with Gasteiger partial charge in [0.15, 0.2) is 5.92 Å². The number of nitrogens with zero attached hydrogens (tertiary/aromatic N) is 1. The predicted octanol–water partition coefficient (Wildman–Crippen LogP) is 5.51. The van der Waals surface area contributed by atoms with Crippen LogP contribution in [0.4, 0.5) is 11.4 Å². The Labute approximate surface area is 190 Å². The molecule has 1 atom stereocenters. The predicted molar refractivity (Wildman–Crippen MR) is 129 cm³/mol. The van der Waals surface area contributed by atoms with E-state index in [1.54, 1.807) is 25.1 Å². The summed E-state index contributed by atoms with van der Waals surface area (Å²) >= 11 is 0. The molecule has 0 aliphatic carbocycles.